The average molecular weight is 1690 g/mol. The van der Waals surface area contributed by atoms with Gasteiger partial charge in [0.1, 0.15) is 56.8 Å². The Labute approximate surface area is 709 Å². The number of nitrogens with two attached hydrogens (primary N) is 1. The first-order valence-corrected chi connectivity index (χ1v) is 44.5. The van der Waals surface area contributed by atoms with Crippen LogP contribution in [0, 0.1) is 0 Å². The van der Waals surface area contributed by atoms with Crippen molar-refractivity contribution in [3.05, 3.63) is 289 Å². The Bertz CT molecular complexity index is 5600. The van der Waals surface area contributed by atoms with E-state index in [-0.39, 0.29) is 43.9 Å². The van der Waals surface area contributed by atoms with Crippen molar-refractivity contribution >= 4 is 52.1 Å². The topological polar surface area (TPSA) is 391 Å². The molecule has 8 heterocycles. The minimum Gasteiger partial charge on any atom is -0.543 e. The molecule has 0 saturated carbocycles. The van der Waals surface area contributed by atoms with Crippen LogP contribution in [0.3, 0.4) is 0 Å². The standard InChI is InChI=1S/C23H29N3O3Si.C15H11N3O3.C15H22N2OSi.C10H10N2O.C10H13NO3.C9H8N2O.C8H8ClNO2/c1-7-28-22(27)19-12-9-14-24-21(19)26-15-13-20(25-26)17-10-8-11-18(16-17)29-30(5,6)23(2,3)4;19-11-4-1-3-10(9-11)13-6-8-18(17-13)14-12(15(20)21)5-2-7-16-14;1-15(2,3)19(4,5)18-13-8-6-7-12(11-13)14-9-10-16-17-14;1-13-9-4-2-3-8(7-9)10-5-6-11-12-10;1-14-10(13)9(11)6-7-2-4-8(12)5-3-7;12-8-3-1-2-7(6-8)9-4-5-10-11-9;1-2-12-8(11)6-4-3-5-10-7(6)9/h8-16H,7H2,1-6H3;1-9,19H,(H,20,21);6-11H,1-5H3,(H,16,17);2-7H,1H3,(H,11,12);2-5,9,12H,6,11H2,1H3;1-6,12H,(H,10,11);3-5H,2H2,1H3/t;;;;9-;;/m....0../s1. The molecule has 0 fully saturated rings. The van der Waals surface area contributed by atoms with Gasteiger partial charge < -0.3 is 54.0 Å². The van der Waals surface area contributed by atoms with Crippen LogP contribution in [0.1, 0.15) is 92.0 Å². The zero-order valence-electron chi connectivity index (χ0n) is 69.8. The van der Waals surface area contributed by atoms with Crippen LogP contribution in [0.5, 0.6) is 34.5 Å². The lowest BCUT2D eigenvalue weighted by molar-refractivity contribution is -0.142. The summed E-state index contributed by atoms with van der Waals surface area (Å²) in [5, 5.41) is 66.7. The van der Waals surface area contributed by atoms with Crippen molar-refractivity contribution in [2.24, 2.45) is 5.73 Å². The summed E-state index contributed by atoms with van der Waals surface area (Å²) < 4.78 is 35.2. The number of carboxylic acids is 1. The number of rotatable bonds is 20. The van der Waals surface area contributed by atoms with Crippen molar-refractivity contribution < 1.29 is 67.4 Å². The number of hydrogen-bond acceptors (Lipinski definition) is 22. The van der Waals surface area contributed by atoms with E-state index in [0.29, 0.717) is 42.3 Å². The number of aromatic hydroxyl groups is 3. The largest absolute Gasteiger partial charge is 0.543 e. The van der Waals surface area contributed by atoms with E-state index in [1.54, 1.807) is 160 Å². The molecule has 121 heavy (non-hydrogen) atoms. The number of aromatic nitrogens is 13. The molecule has 0 aliphatic carbocycles. The van der Waals surface area contributed by atoms with E-state index in [2.05, 4.69) is 140 Å². The summed E-state index contributed by atoms with van der Waals surface area (Å²) in [5.74, 6) is 1.59. The number of pyridine rings is 3. The summed E-state index contributed by atoms with van der Waals surface area (Å²) in [7, 11) is -0.748. The van der Waals surface area contributed by atoms with Crippen molar-refractivity contribution in [1.82, 2.24) is 65.1 Å². The number of nitrogens with one attached hydrogen (secondary N) is 3. The summed E-state index contributed by atoms with van der Waals surface area (Å²) >= 11 is 5.64. The van der Waals surface area contributed by atoms with Gasteiger partial charge in [-0.2, -0.15) is 25.5 Å². The van der Waals surface area contributed by atoms with Crippen LogP contribution in [-0.4, -0.2) is 160 Å². The van der Waals surface area contributed by atoms with Crippen LogP contribution >= 0.6 is 11.6 Å². The van der Waals surface area contributed by atoms with Gasteiger partial charge >= 0.3 is 23.9 Å². The Morgan fingerprint density at radius 3 is 1.27 bits per heavy atom. The van der Waals surface area contributed by atoms with E-state index in [1.165, 1.54) is 30.3 Å². The Morgan fingerprint density at radius 1 is 0.463 bits per heavy atom. The molecule has 0 spiro atoms. The maximum atomic E-state index is 12.3. The van der Waals surface area contributed by atoms with Crippen LogP contribution < -0.4 is 19.3 Å². The second-order valence-corrected chi connectivity index (χ2v) is 39.5. The highest BCUT2D eigenvalue weighted by Gasteiger charge is 2.40. The van der Waals surface area contributed by atoms with Crippen molar-refractivity contribution in [2.75, 3.05) is 27.4 Å². The summed E-state index contributed by atoms with van der Waals surface area (Å²) in [5.41, 5.74) is 16.3. The fraction of sp³-hybridized carbons (Fsp3) is 0.222. The molecule has 14 aromatic rings. The molecule has 0 saturated heterocycles. The van der Waals surface area contributed by atoms with E-state index in [9.17, 15) is 34.5 Å². The molecular formula is C90H101ClN14O14Si2. The molecule has 28 nitrogen and oxygen atoms in total. The first-order chi connectivity index (χ1) is 57.7. The van der Waals surface area contributed by atoms with Crippen molar-refractivity contribution in [3.63, 3.8) is 0 Å². The number of ether oxygens (including phenoxy) is 4. The van der Waals surface area contributed by atoms with Crippen LogP contribution in [0.2, 0.25) is 41.4 Å². The zero-order valence-corrected chi connectivity index (χ0v) is 72.6. The normalized spacial score (nSPS) is 11.1. The molecule has 14 rings (SSSR count). The molecule has 9 N–H and O–H groups in total. The number of esters is 3. The quantitative estimate of drug-likeness (QED) is 0.0152. The van der Waals surface area contributed by atoms with Crippen LogP contribution in [0.15, 0.2) is 262 Å². The number of nitrogens with zero attached hydrogens (tertiary/aromatic N) is 10. The van der Waals surface area contributed by atoms with Gasteiger partial charge in [0, 0.05) is 77.4 Å². The lowest BCUT2D eigenvalue weighted by Crippen LogP contribution is -2.43. The lowest BCUT2D eigenvalue weighted by atomic mass is 10.1. The number of carbonyl (C=O) groups excluding carboxylic acids is 3. The highest BCUT2D eigenvalue weighted by Crippen LogP contribution is 2.40. The third-order valence-corrected chi connectivity index (χ3v) is 27.9. The van der Waals surface area contributed by atoms with Gasteiger partial charge in [0.2, 0.25) is 16.6 Å². The highest BCUT2D eigenvalue weighted by molar-refractivity contribution is 6.75. The first-order valence-electron chi connectivity index (χ1n) is 38.3. The summed E-state index contributed by atoms with van der Waals surface area (Å²) in [6, 6.07) is 62.6. The number of aromatic amines is 3. The Kier molecular flexibility index (Phi) is 33.8. The van der Waals surface area contributed by atoms with Gasteiger partial charge in [0.25, 0.3) is 0 Å². The average Bonchev–Trinajstić information content (AvgIpc) is 1.73. The number of carboxylic acid groups (broad SMARTS) is 1. The summed E-state index contributed by atoms with van der Waals surface area (Å²) in [6.07, 6.45) is 13.7. The third kappa shape index (κ3) is 27.6. The maximum Gasteiger partial charge on any atom is 0.341 e. The van der Waals surface area contributed by atoms with Gasteiger partial charge in [-0.25, -0.2) is 38.7 Å². The number of benzene rings is 6. The molecule has 0 aliphatic rings. The van der Waals surface area contributed by atoms with Gasteiger partial charge in [0.15, 0.2) is 11.6 Å². The van der Waals surface area contributed by atoms with Gasteiger partial charge in [-0.05, 0) is 202 Å². The molecule has 8 aromatic heterocycles. The third-order valence-electron chi connectivity index (χ3n) is 18.9. The van der Waals surface area contributed by atoms with E-state index >= 15 is 0 Å². The summed E-state index contributed by atoms with van der Waals surface area (Å²) in [4.78, 5) is 57.7. The number of halogens is 1. The van der Waals surface area contributed by atoms with E-state index in [4.69, 9.17) is 45.5 Å². The van der Waals surface area contributed by atoms with Crippen LogP contribution in [-0.2, 0) is 25.4 Å². The fourth-order valence-electron chi connectivity index (χ4n) is 10.5. The highest BCUT2D eigenvalue weighted by atomic mass is 35.5. The second kappa shape index (κ2) is 44.1. The fourth-order valence-corrected chi connectivity index (χ4v) is 12.7. The monoisotopic (exact) mass is 1690 g/mol. The lowest BCUT2D eigenvalue weighted by Gasteiger charge is -2.36. The number of methoxy groups -OCH3 is 2. The molecule has 0 amide bonds. The zero-order chi connectivity index (χ0) is 87.9. The van der Waals surface area contributed by atoms with Crippen LogP contribution in [0.4, 0.5) is 0 Å². The molecule has 0 bridgehead atoms. The van der Waals surface area contributed by atoms with E-state index < -0.39 is 46.6 Å². The molecule has 6 aromatic carbocycles. The maximum absolute atomic E-state index is 12.3. The molecule has 1 atom stereocenters. The Balaban J connectivity index is 0.000000180. The molecular weight excluding hydrogens is 1590 g/mol. The van der Waals surface area contributed by atoms with Crippen molar-refractivity contribution in [2.45, 2.75) is 104 Å². The molecule has 630 valence electrons. The molecule has 31 heteroatoms. The van der Waals surface area contributed by atoms with Crippen molar-refractivity contribution in [3.8, 4) is 102 Å². The smallest absolute Gasteiger partial charge is 0.341 e. The molecule has 0 radical (unpaired) electrons. The minimum atomic E-state index is -1.93. The molecule has 0 unspecified atom stereocenters. The number of carbonyl (C=O) groups is 4. The second-order valence-electron chi connectivity index (χ2n) is 29.7. The number of aromatic carboxylic acids is 1. The number of hydrogen-bond donors (Lipinski definition) is 8. The van der Waals surface area contributed by atoms with Crippen LogP contribution in [0.25, 0.3) is 67.9 Å². The number of phenolic OH excluding ortho intramolecular Hbond substituents is 3. The number of H-pyrrole nitrogens is 3. The Morgan fingerprint density at radius 2 is 0.851 bits per heavy atom. The van der Waals surface area contributed by atoms with E-state index in [1.807, 2.05) is 97.1 Å². The van der Waals surface area contributed by atoms with Crippen molar-refractivity contribution in [1.29, 1.82) is 0 Å². The summed E-state index contributed by atoms with van der Waals surface area (Å²) in [6.45, 7) is 26.5. The van der Waals surface area contributed by atoms with Gasteiger partial charge in [-0.1, -0.05) is 126 Å². The molecule has 0 aliphatic heterocycles. The first kappa shape index (κ1) is 92.7. The van der Waals surface area contributed by atoms with Gasteiger partial charge in [0.05, 0.1) is 61.5 Å². The SMILES string of the molecule is CC(C)(C)[Si](C)(C)Oc1cccc(-c2ccn[nH]2)c1.CCOC(=O)c1cccnc1-n1ccc(-c2cccc(O[Si](C)(C)C(C)(C)C)c2)n1.CCOC(=O)c1cccnc1Cl.COC(=O)[C@@H](N)Cc1ccc(O)cc1.COc1cccc(-c2ccn[nH]2)c1.O=C(O)c1cccnc1-n1ccc(-c2cccc(O)c2)n1.Oc1cccc(-c2ccn[nH]2)c1. The number of phenols is 3. The Hall–Kier alpha value is -13.8. The predicted molar refractivity (Wildman–Crippen MR) is 471 cm³/mol. The van der Waals surface area contributed by atoms with Gasteiger partial charge in [-0.15, -0.1) is 0 Å². The predicted octanol–water partition coefficient (Wildman–Crippen LogP) is 18.5. The minimum absolute atomic E-state index is 0.0723. The van der Waals surface area contributed by atoms with Gasteiger partial charge in [-0.3, -0.25) is 20.1 Å². The van der Waals surface area contributed by atoms with E-state index in [0.717, 1.165) is 73.4 Å².